The first kappa shape index (κ1) is 10.9. The van der Waals surface area contributed by atoms with Gasteiger partial charge < -0.3 is 15.1 Å². The van der Waals surface area contributed by atoms with Gasteiger partial charge >= 0.3 is 0 Å². The highest BCUT2D eigenvalue weighted by molar-refractivity contribution is 5.79. The number of hydrogen-bond donors (Lipinski definition) is 1. The normalized spacial score (nSPS) is 29.1. The van der Waals surface area contributed by atoms with E-state index in [9.17, 15) is 4.79 Å². The van der Waals surface area contributed by atoms with Gasteiger partial charge in [-0.2, -0.15) is 0 Å². The minimum atomic E-state index is 0.252. The van der Waals surface area contributed by atoms with Crippen LogP contribution in [0.2, 0.25) is 0 Å². The lowest BCUT2D eigenvalue weighted by Gasteiger charge is -2.35. The number of carbonyl (C=O) groups excluding carboxylic acids is 1. The third-order valence-electron chi connectivity index (χ3n) is 3.40. The van der Waals surface area contributed by atoms with E-state index in [1.807, 2.05) is 4.90 Å². The van der Waals surface area contributed by atoms with Crippen molar-refractivity contribution in [1.82, 2.24) is 15.1 Å². The number of amides is 1. The minimum absolute atomic E-state index is 0.252. The highest BCUT2D eigenvalue weighted by Gasteiger charge is 2.28. The Kier molecular flexibility index (Phi) is 3.59. The van der Waals surface area contributed by atoms with Crippen molar-refractivity contribution in [2.45, 2.75) is 12.8 Å². The monoisotopic (exact) mass is 211 g/mol. The van der Waals surface area contributed by atoms with Gasteiger partial charge in [0.25, 0.3) is 0 Å². The molecule has 1 unspecified atom stereocenters. The van der Waals surface area contributed by atoms with Crippen LogP contribution in [0.5, 0.6) is 0 Å². The number of carbonyl (C=O) groups is 1. The molecule has 2 rings (SSSR count). The fourth-order valence-electron chi connectivity index (χ4n) is 2.51. The number of nitrogens with one attached hydrogen (secondary N) is 1. The van der Waals surface area contributed by atoms with E-state index in [2.05, 4.69) is 17.3 Å². The van der Waals surface area contributed by atoms with Gasteiger partial charge in [0.15, 0.2) is 0 Å². The van der Waals surface area contributed by atoms with Crippen LogP contribution < -0.4 is 5.32 Å². The molecule has 0 saturated carbocycles. The van der Waals surface area contributed by atoms with Crippen LogP contribution in [0.15, 0.2) is 0 Å². The van der Waals surface area contributed by atoms with E-state index >= 15 is 0 Å². The smallest absolute Gasteiger partial charge is 0.227 e. The number of hydrogen-bond acceptors (Lipinski definition) is 3. The molecule has 0 aromatic rings. The lowest BCUT2D eigenvalue weighted by Crippen LogP contribution is -2.50. The van der Waals surface area contributed by atoms with Gasteiger partial charge in [0.05, 0.1) is 5.92 Å². The van der Waals surface area contributed by atoms with E-state index in [1.165, 1.54) is 6.42 Å². The molecule has 86 valence electrons. The lowest BCUT2D eigenvalue weighted by atomic mass is 9.97. The van der Waals surface area contributed by atoms with Gasteiger partial charge in [0.2, 0.25) is 5.91 Å². The molecule has 2 heterocycles. The summed E-state index contributed by atoms with van der Waals surface area (Å²) in [5, 5.41) is 3.28. The first-order chi connectivity index (χ1) is 7.27. The Morgan fingerprint density at radius 2 is 2.00 bits per heavy atom. The predicted octanol–water partition coefficient (Wildman–Crippen LogP) is -0.240. The van der Waals surface area contributed by atoms with Crippen LogP contribution in [0, 0.1) is 5.92 Å². The zero-order chi connectivity index (χ0) is 10.7. The van der Waals surface area contributed by atoms with Crippen molar-refractivity contribution in [1.29, 1.82) is 0 Å². The van der Waals surface area contributed by atoms with Crippen molar-refractivity contribution >= 4 is 5.91 Å². The zero-order valence-electron chi connectivity index (χ0n) is 9.54. The second kappa shape index (κ2) is 4.94. The van der Waals surface area contributed by atoms with Gasteiger partial charge in [-0.1, -0.05) is 0 Å². The summed E-state index contributed by atoms with van der Waals surface area (Å²) in [6.07, 6.45) is 2.24. The largest absolute Gasteiger partial charge is 0.340 e. The molecular formula is C11H21N3O. The van der Waals surface area contributed by atoms with Crippen LogP contribution in [-0.2, 0) is 4.79 Å². The Balaban J connectivity index is 1.88. The van der Waals surface area contributed by atoms with Crippen LogP contribution in [0.3, 0.4) is 0 Å². The topological polar surface area (TPSA) is 35.6 Å². The van der Waals surface area contributed by atoms with Crippen molar-refractivity contribution in [3.05, 3.63) is 0 Å². The first-order valence-corrected chi connectivity index (χ1v) is 5.95. The van der Waals surface area contributed by atoms with Gasteiger partial charge in [-0.3, -0.25) is 4.79 Å². The van der Waals surface area contributed by atoms with E-state index in [0.717, 1.165) is 45.7 Å². The molecule has 0 radical (unpaired) electrons. The molecule has 0 aliphatic carbocycles. The van der Waals surface area contributed by atoms with E-state index < -0.39 is 0 Å². The molecule has 2 aliphatic rings. The fraction of sp³-hybridized carbons (Fsp3) is 0.909. The Bertz CT molecular complexity index is 226. The van der Waals surface area contributed by atoms with E-state index in [4.69, 9.17) is 0 Å². The van der Waals surface area contributed by atoms with Gasteiger partial charge in [0.1, 0.15) is 0 Å². The summed E-state index contributed by atoms with van der Waals surface area (Å²) >= 11 is 0. The maximum absolute atomic E-state index is 12.2. The van der Waals surface area contributed by atoms with Crippen molar-refractivity contribution in [2.24, 2.45) is 5.92 Å². The summed E-state index contributed by atoms with van der Waals surface area (Å²) in [5.74, 6) is 0.630. The quantitative estimate of drug-likeness (QED) is 0.650. The number of nitrogens with zero attached hydrogens (tertiary/aromatic N) is 2. The van der Waals surface area contributed by atoms with Gasteiger partial charge in [0, 0.05) is 32.7 Å². The molecule has 1 atom stereocenters. The number of piperazine rings is 1. The Hall–Kier alpha value is -0.610. The third-order valence-corrected chi connectivity index (χ3v) is 3.40. The maximum Gasteiger partial charge on any atom is 0.227 e. The molecule has 2 saturated heterocycles. The molecule has 2 fully saturated rings. The predicted molar refractivity (Wildman–Crippen MR) is 59.7 cm³/mol. The Morgan fingerprint density at radius 3 is 2.67 bits per heavy atom. The van der Waals surface area contributed by atoms with Crippen LogP contribution in [0.1, 0.15) is 12.8 Å². The molecular weight excluding hydrogens is 190 g/mol. The number of likely N-dealkylation sites (tertiary alicyclic amines) is 1. The van der Waals surface area contributed by atoms with E-state index in [-0.39, 0.29) is 5.92 Å². The molecule has 15 heavy (non-hydrogen) atoms. The summed E-state index contributed by atoms with van der Waals surface area (Å²) in [5.41, 5.74) is 0. The fourth-order valence-corrected chi connectivity index (χ4v) is 2.51. The third kappa shape index (κ3) is 2.69. The second-order valence-corrected chi connectivity index (χ2v) is 4.68. The van der Waals surface area contributed by atoms with E-state index in [0.29, 0.717) is 5.91 Å². The summed E-state index contributed by atoms with van der Waals surface area (Å²) in [6, 6.07) is 0. The standard InChI is InChI=1S/C11H21N3O/c1-13-6-2-3-10(9-13)11(15)14-7-4-12-5-8-14/h10,12H,2-9H2,1H3. The van der Waals surface area contributed by atoms with Crippen molar-refractivity contribution in [3.8, 4) is 0 Å². The average Bonchev–Trinajstić information content (AvgIpc) is 2.29. The molecule has 1 amide bonds. The van der Waals surface area contributed by atoms with Gasteiger partial charge in [-0.05, 0) is 26.4 Å². The molecule has 1 N–H and O–H groups in total. The van der Waals surface area contributed by atoms with Crippen molar-refractivity contribution in [3.63, 3.8) is 0 Å². The number of rotatable bonds is 1. The lowest BCUT2D eigenvalue weighted by molar-refractivity contribution is -0.137. The minimum Gasteiger partial charge on any atom is -0.340 e. The molecule has 0 spiro atoms. The van der Waals surface area contributed by atoms with Crippen LogP contribution in [-0.4, -0.2) is 62.0 Å². The summed E-state index contributed by atoms with van der Waals surface area (Å²) in [4.78, 5) is 16.5. The van der Waals surface area contributed by atoms with Gasteiger partial charge in [-0.25, -0.2) is 0 Å². The second-order valence-electron chi connectivity index (χ2n) is 4.68. The molecule has 0 aromatic carbocycles. The van der Waals surface area contributed by atoms with Gasteiger partial charge in [-0.15, -0.1) is 0 Å². The Morgan fingerprint density at radius 1 is 1.27 bits per heavy atom. The van der Waals surface area contributed by atoms with Crippen molar-refractivity contribution in [2.75, 3.05) is 46.3 Å². The van der Waals surface area contributed by atoms with E-state index in [1.54, 1.807) is 0 Å². The SMILES string of the molecule is CN1CCCC(C(=O)N2CCNCC2)C1. The molecule has 0 bridgehead atoms. The van der Waals surface area contributed by atoms with Crippen LogP contribution in [0.4, 0.5) is 0 Å². The number of piperidine rings is 1. The molecule has 4 heteroatoms. The molecule has 0 aromatic heterocycles. The summed E-state index contributed by atoms with van der Waals surface area (Å²) in [6.45, 7) is 5.77. The van der Waals surface area contributed by atoms with Crippen LogP contribution in [0.25, 0.3) is 0 Å². The van der Waals surface area contributed by atoms with Crippen molar-refractivity contribution < 1.29 is 4.79 Å². The summed E-state index contributed by atoms with van der Waals surface area (Å²) in [7, 11) is 2.11. The highest BCUT2D eigenvalue weighted by Crippen LogP contribution is 2.17. The maximum atomic E-state index is 12.2. The summed E-state index contributed by atoms with van der Waals surface area (Å²) < 4.78 is 0. The molecule has 2 aliphatic heterocycles. The highest BCUT2D eigenvalue weighted by atomic mass is 16.2. The van der Waals surface area contributed by atoms with Crippen LogP contribution >= 0.6 is 0 Å². The zero-order valence-corrected chi connectivity index (χ0v) is 9.54. The molecule has 4 nitrogen and oxygen atoms in total. The Labute approximate surface area is 91.6 Å². The average molecular weight is 211 g/mol. The first-order valence-electron chi connectivity index (χ1n) is 5.95.